The highest BCUT2D eigenvalue weighted by Crippen LogP contribution is 2.01. The van der Waals surface area contributed by atoms with Crippen molar-refractivity contribution in [1.29, 1.82) is 0 Å². The van der Waals surface area contributed by atoms with Gasteiger partial charge in [-0.15, -0.1) is 11.8 Å². The van der Waals surface area contributed by atoms with Gasteiger partial charge in [-0.25, -0.2) is 0 Å². The summed E-state index contributed by atoms with van der Waals surface area (Å²) in [5, 5.41) is 11.3. The number of thioether (sulfide) groups is 1. The predicted molar refractivity (Wildman–Crippen MR) is 71.7 cm³/mol. The number of nitrogens with two attached hydrogens (primary N) is 1. The third kappa shape index (κ3) is 10.4. The van der Waals surface area contributed by atoms with Crippen LogP contribution in [0, 0.1) is 0 Å². The molecule has 0 aliphatic carbocycles. The number of carboxylic acid groups (broad SMARTS) is 1. The van der Waals surface area contributed by atoms with E-state index in [1.807, 2.05) is 13.8 Å². The summed E-state index contributed by atoms with van der Waals surface area (Å²) in [5.41, 5.74) is 5.30. The molecule has 1 atom stereocenters. The Morgan fingerprint density at radius 2 is 2.11 bits per heavy atom. The Morgan fingerprint density at radius 3 is 2.67 bits per heavy atom. The van der Waals surface area contributed by atoms with Crippen LogP contribution in [-0.4, -0.2) is 53.8 Å². The molecule has 0 rings (SSSR count). The van der Waals surface area contributed by atoms with Gasteiger partial charge in [-0.2, -0.15) is 0 Å². The van der Waals surface area contributed by atoms with Crippen molar-refractivity contribution in [2.45, 2.75) is 32.4 Å². The van der Waals surface area contributed by atoms with Crippen molar-refractivity contribution in [1.82, 2.24) is 5.32 Å². The molecule has 0 spiro atoms. The van der Waals surface area contributed by atoms with Gasteiger partial charge >= 0.3 is 5.97 Å². The first-order valence-electron chi connectivity index (χ1n) is 5.88. The third-order valence-corrected chi connectivity index (χ3v) is 3.00. The topological polar surface area (TPSA) is 102 Å². The van der Waals surface area contributed by atoms with Gasteiger partial charge in [0.25, 0.3) is 0 Å². The van der Waals surface area contributed by atoms with Crippen LogP contribution in [0.15, 0.2) is 0 Å². The van der Waals surface area contributed by atoms with E-state index in [0.717, 1.165) is 6.42 Å². The number of aliphatic carboxylic acids is 1. The number of hydrogen-bond acceptors (Lipinski definition) is 5. The maximum Gasteiger partial charge on any atom is 0.321 e. The fourth-order valence-electron chi connectivity index (χ4n) is 1.02. The second-order valence-corrected chi connectivity index (χ2v) is 5.11. The minimum Gasteiger partial charge on any atom is -0.480 e. The largest absolute Gasteiger partial charge is 0.480 e. The van der Waals surface area contributed by atoms with E-state index in [-0.39, 0.29) is 23.5 Å². The zero-order valence-electron chi connectivity index (χ0n) is 10.8. The van der Waals surface area contributed by atoms with Crippen LogP contribution < -0.4 is 11.1 Å². The summed E-state index contributed by atoms with van der Waals surface area (Å²) >= 11 is 1.22. The van der Waals surface area contributed by atoms with Gasteiger partial charge in [-0.05, 0) is 20.3 Å². The molecule has 0 bridgehead atoms. The molecule has 0 radical (unpaired) electrons. The van der Waals surface area contributed by atoms with E-state index in [0.29, 0.717) is 13.2 Å². The van der Waals surface area contributed by atoms with Gasteiger partial charge in [0, 0.05) is 18.9 Å². The maximum absolute atomic E-state index is 11.3. The van der Waals surface area contributed by atoms with E-state index in [2.05, 4.69) is 5.32 Å². The molecule has 0 heterocycles. The Labute approximate surface area is 112 Å². The van der Waals surface area contributed by atoms with Crippen molar-refractivity contribution in [3.05, 3.63) is 0 Å². The predicted octanol–water partition coefficient (Wildman–Crippen LogP) is 0.0628. The van der Waals surface area contributed by atoms with Crippen molar-refractivity contribution in [3.8, 4) is 0 Å². The fraction of sp³-hybridized carbons (Fsp3) is 0.818. The van der Waals surface area contributed by atoms with Crippen molar-refractivity contribution < 1.29 is 19.4 Å². The summed E-state index contributed by atoms with van der Waals surface area (Å²) in [6.45, 7) is 5.11. The molecule has 6 nitrogen and oxygen atoms in total. The summed E-state index contributed by atoms with van der Waals surface area (Å²) in [6, 6.07) is -0.915. The lowest BCUT2D eigenvalue weighted by atomic mass is 10.4. The van der Waals surface area contributed by atoms with Crippen LogP contribution in [0.5, 0.6) is 0 Å². The molecule has 4 N–H and O–H groups in total. The molecule has 0 aromatic rings. The van der Waals surface area contributed by atoms with Gasteiger partial charge in [0.15, 0.2) is 0 Å². The van der Waals surface area contributed by atoms with Crippen molar-refractivity contribution >= 4 is 23.6 Å². The molecule has 0 saturated carbocycles. The van der Waals surface area contributed by atoms with Gasteiger partial charge in [0.1, 0.15) is 6.04 Å². The van der Waals surface area contributed by atoms with Crippen LogP contribution in [0.3, 0.4) is 0 Å². The first-order valence-corrected chi connectivity index (χ1v) is 7.03. The number of nitrogens with one attached hydrogen (secondary N) is 1. The first kappa shape index (κ1) is 17.2. The van der Waals surface area contributed by atoms with Gasteiger partial charge in [-0.3, -0.25) is 9.59 Å². The SMILES string of the molecule is CC(C)OCCCNC(=O)CSC[C@@H](N)C(=O)O. The average Bonchev–Trinajstić information content (AvgIpc) is 2.27. The molecular formula is C11H22N2O4S. The molecule has 0 fully saturated rings. The van der Waals surface area contributed by atoms with Gasteiger partial charge < -0.3 is 20.9 Å². The Kier molecular flexibility index (Phi) is 9.72. The number of ether oxygens (including phenoxy) is 1. The lowest BCUT2D eigenvalue weighted by molar-refractivity contribution is -0.138. The fourth-order valence-corrected chi connectivity index (χ4v) is 1.82. The summed E-state index contributed by atoms with van der Waals surface area (Å²) in [5.74, 6) is -0.693. The van der Waals surface area contributed by atoms with E-state index in [9.17, 15) is 9.59 Å². The Balaban J connectivity index is 3.41. The zero-order valence-corrected chi connectivity index (χ0v) is 11.7. The minimum atomic E-state index is -1.05. The normalized spacial score (nSPS) is 12.4. The number of rotatable bonds is 10. The maximum atomic E-state index is 11.3. The Morgan fingerprint density at radius 1 is 1.44 bits per heavy atom. The van der Waals surface area contributed by atoms with Crippen LogP contribution in [0.1, 0.15) is 20.3 Å². The smallest absolute Gasteiger partial charge is 0.321 e. The monoisotopic (exact) mass is 278 g/mol. The first-order chi connectivity index (χ1) is 8.43. The quantitative estimate of drug-likeness (QED) is 0.489. The number of carboxylic acids is 1. The molecule has 0 unspecified atom stereocenters. The van der Waals surface area contributed by atoms with Gasteiger partial charge in [0.05, 0.1) is 11.9 Å². The molecule has 106 valence electrons. The van der Waals surface area contributed by atoms with Gasteiger partial charge in [-0.1, -0.05) is 0 Å². The van der Waals surface area contributed by atoms with Crippen LogP contribution in [-0.2, 0) is 14.3 Å². The molecule has 0 aliphatic heterocycles. The highest BCUT2D eigenvalue weighted by molar-refractivity contribution is 8.00. The molecule has 7 heteroatoms. The van der Waals surface area contributed by atoms with Crippen LogP contribution >= 0.6 is 11.8 Å². The molecule has 1 amide bonds. The standard InChI is InChI=1S/C11H22N2O4S/c1-8(2)17-5-3-4-13-10(14)7-18-6-9(12)11(15)16/h8-9H,3-7,12H2,1-2H3,(H,13,14)(H,15,16)/t9-/m1/s1. The van der Waals surface area contributed by atoms with Crippen LogP contribution in [0.2, 0.25) is 0 Å². The summed E-state index contributed by atoms with van der Waals surface area (Å²) in [4.78, 5) is 21.8. The summed E-state index contributed by atoms with van der Waals surface area (Å²) in [7, 11) is 0. The Hall–Kier alpha value is -0.790. The third-order valence-electron chi connectivity index (χ3n) is 1.94. The minimum absolute atomic E-state index is 0.109. The van der Waals surface area contributed by atoms with Crippen molar-refractivity contribution in [2.24, 2.45) is 5.73 Å². The molecule has 18 heavy (non-hydrogen) atoms. The lowest BCUT2D eigenvalue weighted by Gasteiger charge is -2.09. The molecule has 0 saturated heterocycles. The molecular weight excluding hydrogens is 256 g/mol. The zero-order chi connectivity index (χ0) is 14.0. The highest BCUT2D eigenvalue weighted by Gasteiger charge is 2.11. The van der Waals surface area contributed by atoms with Crippen LogP contribution in [0.25, 0.3) is 0 Å². The number of amides is 1. The molecule has 0 aromatic heterocycles. The van der Waals surface area contributed by atoms with E-state index >= 15 is 0 Å². The van der Waals surface area contributed by atoms with E-state index < -0.39 is 12.0 Å². The Bertz CT molecular complexity index is 261. The number of carbonyl (C=O) groups excluding carboxylic acids is 1. The van der Waals surface area contributed by atoms with Crippen molar-refractivity contribution in [2.75, 3.05) is 24.7 Å². The number of carbonyl (C=O) groups is 2. The van der Waals surface area contributed by atoms with E-state index in [4.69, 9.17) is 15.6 Å². The van der Waals surface area contributed by atoms with E-state index in [1.165, 1.54) is 11.8 Å². The highest BCUT2D eigenvalue weighted by atomic mass is 32.2. The average molecular weight is 278 g/mol. The molecule has 0 aliphatic rings. The van der Waals surface area contributed by atoms with Crippen LogP contribution in [0.4, 0.5) is 0 Å². The molecule has 0 aromatic carbocycles. The van der Waals surface area contributed by atoms with E-state index in [1.54, 1.807) is 0 Å². The summed E-state index contributed by atoms with van der Waals surface area (Å²) in [6.07, 6.45) is 0.970. The second kappa shape index (κ2) is 10.2. The number of hydrogen-bond donors (Lipinski definition) is 3. The van der Waals surface area contributed by atoms with Gasteiger partial charge in [0.2, 0.25) is 5.91 Å². The van der Waals surface area contributed by atoms with Crippen molar-refractivity contribution in [3.63, 3.8) is 0 Å². The second-order valence-electron chi connectivity index (χ2n) is 4.08. The lowest BCUT2D eigenvalue weighted by Crippen LogP contribution is -2.33. The summed E-state index contributed by atoms with van der Waals surface area (Å²) < 4.78 is 5.32.